The number of benzene rings is 1. The van der Waals surface area contributed by atoms with Gasteiger partial charge < -0.3 is 4.74 Å². The molecule has 1 aromatic carbocycles. The Hall–Kier alpha value is -1.05. The molecule has 0 bridgehead atoms. The second-order valence-electron chi connectivity index (χ2n) is 3.02. The van der Waals surface area contributed by atoms with Crippen LogP contribution in [0.2, 0.25) is 0 Å². The molecule has 0 aromatic heterocycles. The third-order valence-electron chi connectivity index (χ3n) is 1.82. The van der Waals surface area contributed by atoms with E-state index in [1.165, 1.54) is 6.07 Å². The molecule has 0 aliphatic rings. The summed E-state index contributed by atoms with van der Waals surface area (Å²) in [7, 11) is 0. The standard InChI is InChI=1S/C11H14FO/c1-4-13-11-7-9(8(2)3)5-6-10(11)12/h5-8H,2,4H2,1,3H3. The van der Waals surface area contributed by atoms with E-state index in [0.29, 0.717) is 12.4 Å². The van der Waals surface area contributed by atoms with E-state index in [9.17, 15) is 4.39 Å². The van der Waals surface area contributed by atoms with Gasteiger partial charge in [-0.05, 0) is 37.5 Å². The summed E-state index contributed by atoms with van der Waals surface area (Å²) in [5.41, 5.74) is 0.991. The third-order valence-corrected chi connectivity index (χ3v) is 1.82. The number of ether oxygens (including phenoxy) is 1. The van der Waals surface area contributed by atoms with Crippen LogP contribution >= 0.6 is 0 Å². The van der Waals surface area contributed by atoms with Crippen molar-refractivity contribution in [3.05, 3.63) is 36.5 Å². The van der Waals surface area contributed by atoms with Crippen LogP contribution in [0.1, 0.15) is 25.3 Å². The topological polar surface area (TPSA) is 9.23 Å². The van der Waals surface area contributed by atoms with Crippen molar-refractivity contribution in [1.29, 1.82) is 0 Å². The molecule has 0 N–H and O–H groups in total. The molecule has 0 heterocycles. The van der Waals surface area contributed by atoms with Gasteiger partial charge in [0.1, 0.15) is 0 Å². The smallest absolute Gasteiger partial charge is 0.165 e. The van der Waals surface area contributed by atoms with Crippen LogP contribution < -0.4 is 4.74 Å². The molecule has 0 fully saturated rings. The van der Waals surface area contributed by atoms with Crippen LogP contribution in [0.3, 0.4) is 0 Å². The van der Waals surface area contributed by atoms with Crippen molar-refractivity contribution in [1.82, 2.24) is 0 Å². The zero-order valence-electron chi connectivity index (χ0n) is 8.01. The summed E-state index contributed by atoms with van der Waals surface area (Å²) in [5, 5.41) is 0. The fraction of sp³-hybridized carbons (Fsp3) is 0.364. The van der Waals surface area contributed by atoms with E-state index in [-0.39, 0.29) is 11.7 Å². The summed E-state index contributed by atoms with van der Waals surface area (Å²) in [4.78, 5) is 0. The molecule has 2 heteroatoms. The van der Waals surface area contributed by atoms with Crippen molar-refractivity contribution in [3.63, 3.8) is 0 Å². The molecule has 0 saturated heterocycles. The van der Waals surface area contributed by atoms with Gasteiger partial charge >= 0.3 is 0 Å². The average molecular weight is 181 g/mol. The molecule has 71 valence electrons. The Morgan fingerprint density at radius 3 is 2.77 bits per heavy atom. The molecule has 0 spiro atoms. The van der Waals surface area contributed by atoms with Crippen LogP contribution in [0.4, 0.5) is 4.39 Å². The highest BCUT2D eigenvalue weighted by Crippen LogP contribution is 2.23. The van der Waals surface area contributed by atoms with Gasteiger partial charge in [-0.1, -0.05) is 13.0 Å². The highest BCUT2D eigenvalue weighted by atomic mass is 19.1. The summed E-state index contributed by atoms with van der Waals surface area (Å²) in [6.07, 6.45) is 0. The normalized spacial score (nSPS) is 10.5. The van der Waals surface area contributed by atoms with Crippen LogP contribution in [-0.4, -0.2) is 6.61 Å². The lowest BCUT2D eigenvalue weighted by molar-refractivity contribution is 0.321. The van der Waals surface area contributed by atoms with E-state index in [4.69, 9.17) is 4.74 Å². The first-order chi connectivity index (χ1) is 6.15. The first kappa shape index (κ1) is 10.0. The molecular formula is C11H14FO. The summed E-state index contributed by atoms with van der Waals surface area (Å²) in [5.74, 6) is 0.154. The Bertz CT molecular complexity index is 281. The van der Waals surface area contributed by atoms with E-state index >= 15 is 0 Å². The van der Waals surface area contributed by atoms with Crippen LogP contribution in [0.15, 0.2) is 18.2 Å². The van der Waals surface area contributed by atoms with Gasteiger partial charge in [-0.2, -0.15) is 0 Å². The minimum atomic E-state index is -0.314. The van der Waals surface area contributed by atoms with Crippen molar-refractivity contribution in [3.8, 4) is 5.75 Å². The predicted octanol–water partition coefficient (Wildman–Crippen LogP) is 3.16. The lowest BCUT2D eigenvalue weighted by Gasteiger charge is -2.09. The van der Waals surface area contributed by atoms with Gasteiger partial charge in [0.15, 0.2) is 11.6 Å². The molecule has 1 nitrogen and oxygen atoms in total. The number of rotatable bonds is 3. The van der Waals surface area contributed by atoms with Gasteiger partial charge in [0.25, 0.3) is 0 Å². The molecule has 0 aliphatic carbocycles. The molecule has 1 aromatic rings. The fourth-order valence-electron chi connectivity index (χ4n) is 1.09. The monoisotopic (exact) mass is 181 g/mol. The van der Waals surface area contributed by atoms with Crippen molar-refractivity contribution in [2.75, 3.05) is 6.61 Å². The summed E-state index contributed by atoms with van der Waals surface area (Å²) >= 11 is 0. The predicted molar refractivity (Wildman–Crippen MR) is 51.3 cm³/mol. The Balaban J connectivity index is 2.97. The zero-order valence-corrected chi connectivity index (χ0v) is 8.01. The molecule has 1 radical (unpaired) electrons. The van der Waals surface area contributed by atoms with Crippen molar-refractivity contribution in [2.24, 2.45) is 0 Å². The van der Waals surface area contributed by atoms with E-state index in [1.807, 2.05) is 13.8 Å². The highest BCUT2D eigenvalue weighted by Gasteiger charge is 2.06. The van der Waals surface area contributed by atoms with E-state index in [1.54, 1.807) is 12.1 Å². The molecule has 0 amide bonds. The zero-order chi connectivity index (χ0) is 9.84. The van der Waals surface area contributed by atoms with Gasteiger partial charge in [-0.15, -0.1) is 0 Å². The molecule has 0 aliphatic heterocycles. The van der Waals surface area contributed by atoms with Gasteiger partial charge in [0.05, 0.1) is 6.61 Å². The fourth-order valence-corrected chi connectivity index (χ4v) is 1.09. The van der Waals surface area contributed by atoms with Crippen molar-refractivity contribution < 1.29 is 9.13 Å². The molecule has 1 rings (SSSR count). The minimum Gasteiger partial charge on any atom is -0.491 e. The van der Waals surface area contributed by atoms with Crippen LogP contribution in [-0.2, 0) is 0 Å². The van der Waals surface area contributed by atoms with E-state index in [2.05, 4.69) is 6.92 Å². The summed E-state index contributed by atoms with van der Waals surface area (Å²) in [6, 6.07) is 4.86. The second kappa shape index (κ2) is 4.26. The first-order valence-corrected chi connectivity index (χ1v) is 4.40. The van der Waals surface area contributed by atoms with E-state index < -0.39 is 0 Å². The lowest BCUT2D eigenvalue weighted by Crippen LogP contribution is -1.96. The second-order valence-corrected chi connectivity index (χ2v) is 3.02. The van der Waals surface area contributed by atoms with Crippen molar-refractivity contribution >= 4 is 0 Å². The summed E-state index contributed by atoms with van der Waals surface area (Å²) < 4.78 is 18.2. The maximum Gasteiger partial charge on any atom is 0.165 e. The molecule has 1 unspecified atom stereocenters. The van der Waals surface area contributed by atoms with Gasteiger partial charge in [0, 0.05) is 0 Å². The first-order valence-electron chi connectivity index (χ1n) is 4.40. The molecule has 1 atom stereocenters. The van der Waals surface area contributed by atoms with Crippen LogP contribution in [0, 0.1) is 12.7 Å². The SMILES string of the molecule is [CH2]C(C)c1ccc(F)c(OCC)c1. The molecular weight excluding hydrogens is 167 g/mol. The Morgan fingerprint density at radius 2 is 2.23 bits per heavy atom. The number of hydrogen-bond donors (Lipinski definition) is 0. The average Bonchev–Trinajstić information content (AvgIpc) is 2.08. The molecule has 13 heavy (non-hydrogen) atoms. The molecule has 0 saturated carbocycles. The number of hydrogen-bond acceptors (Lipinski definition) is 1. The largest absolute Gasteiger partial charge is 0.491 e. The van der Waals surface area contributed by atoms with Crippen LogP contribution in [0.5, 0.6) is 5.75 Å². The van der Waals surface area contributed by atoms with Gasteiger partial charge in [0.2, 0.25) is 0 Å². The third kappa shape index (κ3) is 2.44. The Kier molecular flexibility index (Phi) is 3.29. The van der Waals surface area contributed by atoms with E-state index in [0.717, 1.165) is 5.56 Å². The maximum absolute atomic E-state index is 13.1. The number of halogens is 1. The van der Waals surface area contributed by atoms with Crippen molar-refractivity contribution in [2.45, 2.75) is 19.8 Å². The summed E-state index contributed by atoms with van der Waals surface area (Å²) in [6.45, 7) is 8.13. The minimum absolute atomic E-state index is 0.153. The van der Waals surface area contributed by atoms with Gasteiger partial charge in [-0.25, -0.2) is 4.39 Å². The Morgan fingerprint density at radius 1 is 1.54 bits per heavy atom. The van der Waals surface area contributed by atoms with Gasteiger partial charge in [-0.3, -0.25) is 0 Å². The van der Waals surface area contributed by atoms with Crippen LogP contribution in [0.25, 0.3) is 0 Å². The maximum atomic E-state index is 13.1. The highest BCUT2D eigenvalue weighted by molar-refractivity contribution is 5.32. The quantitative estimate of drug-likeness (QED) is 0.696. The Labute approximate surface area is 78.5 Å². The lowest BCUT2D eigenvalue weighted by atomic mass is 10.0.